The number of hydrazine groups is 1. The summed E-state index contributed by atoms with van der Waals surface area (Å²) in [7, 11) is 4.11. The second-order valence-electron chi connectivity index (χ2n) is 3.90. The third kappa shape index (κ3) is 3.09. The van der Waals surface area contributed by atoms with Crippen LogP contribution >= 0.6 is 0 Å². The van der Waals surface area contributed by atoms with Gasteiger partial charge in [0.25, 0.3) is 0 Å². The second-order valence-corrected chi connectivity index (χ2v) is 3.90. The van der Waals surface area contributed by atoms with E-state index in [0.717, 1.165) is 5.92 Å². The van der Waals surface area contributed by atoms with E-state index in [4.69, 9.17) is 0 Å². The molecule has 0 amide bonds. The van der Waals surface area contributed by atoms with Crippen LogP contribution in [0.3, 0.4) is 0 Å². The maximum atomic E-state index is 3.42. The average Bonchev–Trinajstić information content (AvgIpc) is 2.05. The Morgan fingerprint density at radius 2 is 1.92 bits per heavy atom. The Bertz CT molecular complexity index is 119. The molecular formula is C9H21N3. The van der Waals surface area contributed by atoms with E-state index in [2.05, 4.69) is 31.8 Å². The van der Waals surface area contributed by atoms with Crippen LogP contribution in [0.25, 0.3) is 0 Å². The third-order valence-electron chi connectivity index (χ3n) is 2.55. The molecule has 1 unspecified atom stereocenters. The zero-order chi connectivity index (χ0) is 8.97. The van der Waals surface area contributed by atoms with E-state index in [9.17, 15) is 0 Å². The Hall–Kier alpha value is -0.120. The molecule has 0 aromatic rings. The highest BCUT2D eigenvalue weighted by Crippen LogP contribution is 2.15. The predicted molar refractivity (Wildman–Crippen MR) is 51.9 cm³/mol. The van der Waals surface area contributed by atoms with Gasteiger partial charge in [-0.15, -0.1) is 0 Å². The topological polar surface area (TPSA) is 27.3 Å². The predicted octanol–water partition coefficient (Wildman–Crippen LogP) is 0.441. The van der Waals surface area contributed by atoms with Gasteiger partial charge in [0.15, 0.2) is 0 Å². The Balaban J connectivity index is 2.24. The standard InChI is InChI=1S/C9H21N3/c1-8(11-12(2)3)9-4-6-10-7-5-9/h8-11H,4-7H2,1-3H3. The molecule has 0 saturated carbocycles. The van der Waals surface area contributed by atoms with E-state index < -0.39 is 0 Å². The molecule has 1 atom stereocenters. The zero-order valence-corrected chi connectivity index (χ0v) is 8.43. The van der Waals surface area contributed by atoms with Gasteiger partial charge in [0.05, 0.1) is 0 Å². The van der Waals surface area contributed by atoms with E-state index in [1.54, 1.807) is 0 Å². The quantitative estimate of drug-likeness (QED) is 0.603. The summed E-state index contributed by atoms with van der Waals surface area (Å²) in [5, 5.41) is 5.43. The largest absolute Gasteiger partial charge is 0.317 e. The lowest BCUT2D eigenvalue weighted by Gasteiger charge is -2.30. The number of nitrogens with zero attached hydrogens (tertiary/aromatic N) is 1. The normalized spacial score (nSPS) is 23.0. The summed E-state index contributed by atoms with van der Waals surface area (Å²) in [6.45, 7) is 4.64. The van der Waals surface area contributed by atoms with Crippen molar-refractivity contribution in [2.45, 2.75) is 25.8 Å². The highest BCUT2D eigenvalue weighted by molar-refractivity contribution is 4.76. The minimum atomic E-state index is 0.613. The lowest BCUT2D eigenvalue weighted by molar-refractivity contribution is 0.184. The molecule has 12 heavy (non-hydrogen) atoms. The maximum absolute atomic E-state index is 3.42. The summed E-state index contributed by atoms with van der Waals surface area (Å²) >= 11 is 0. The molecular weight excluding hydrogens is 150 g/mol. The van der Waals surface area contributed by atoms with Gasteiger partial charge in [-0.25, -0.2) is 0 Å². The molecule has 1 aliphatic rings. The van der Waals surface area contributed by atoms with E-state index in [-0.39, 0.29) is 0 Å². The fourth-order valence-corrected chi connectivity index (χ4v) is 1.86. The number of hydrogen-bond donors (Lipinski definition) is 2. The molecule has 0 aromatic heterocycles. The monoisotopic (exact) mass is 171 g/mol. The summed E-state index contributed by atoms with van der Waals surface area (Å²) in [6.07, 6.45) is 2.62. The summed E-state index contributed by atoms with van der Waals surface area (Å²) in [4.78, 5) is 0. The summed E-state index contributed by atoms with van der Waals surface area (Å²) in [6, 6.07) is 0.613. The molecule has 1 saturated heterocycles. The first-order valence-corrected chi connectivity index (χ1v) is 4.84. The van der Waals surface area contributed by atoms with E-state index in [1.807, 2.05) is 5.01 Å². The molecule has 3 nitrogen and oxygen atoms in total. The van der Waals surface area contributed by atoms with Gasteiger partial charge in [-0.05, 0) is 38.8 Å². The lowest BCUT2D eigenvalue weighted by atomic mass is 9.92. The van der Waals surface area contributed by atoms with Crippen molar-refractivity contribution in [3.8, 4) is 0 Å². The van der Waals surface area contributed by atoms with Crippen LogP contribution in [0, 0.1) is 5.92 Å². The fourth-order valence-electron chi connectivity index (χ4n) is 1.86. The van der Waals surface area contributed by atoms with Gasteiger partial charge in [0.2, 0.25) is 0 Å². The SMILES string of the molecule is CC(NN(C)C)C1CCNCC1. The molecule has 0 aliphatic carbocycles. The number of nitrogens with one attached hydrogen (secondary N) is 2. The Morgan fingerprint density at radius 3 is 2.42 bits per heavy atom. The van der Waals surface area contributed by atoms with E-state index >= 15 is 0 Å². The maximum Gasteiger partial charge on any atom is 0.0216 e. The number of piperidine rings is 1. The van der Waals surface area contributed by atoms with Crippen LogP contribution in [0.2, 0.25) is 0 Å². The van der Waals surface area contributed by atoms with Crippen molar-refractivity contribution >= 4 is 0 Å². The minimum absolute atomic E-state index is 0.613. The second kappa shape index (κ2) is 4.80. The molecule has 0 aromatic carbocycles. The molecule has 1 heterocycles. The van der Waals surface area contributed by atoms with Gasteiger partial charge in [0.1, 0.15) is 0 Å². The average molecular weight is 171 g/mol. The molecule has 0 radical (unpaired) electrons. The first kappa shape index (κ1) is 9.96. The van der Waals surface area contributed by atoms with Crippen LogP contribution in [-0.4, -0.2) is 38.2 Å². The molecule has 0 bridgehead atoms. The van der Waals surface area contributed by atoms with Crippen molar-refractivity contribution in [2.24, 2.45) is 5.92 Å². The van der Waals surface area contributed by atoms with Gasteiger partial charge < -0.3 is 5.32 Å². The van der Waals surface area contributed by atoms with Crippen LogP contribution in [0.15, 0.2) is 0 Å². The van der Waals surface area contributed by atoms with Crippen molar-refractivity contribution in [3.63, 3.8) is 0 Å². The molecule has 72 valence electrons. The molecule has 0 spiro atoms. The van der Waals surface area contributed by atoms with Gasteiger partial charge in [-0.2, -0.15) is 0 Å². The Morgan fingerprint density at radius 1 is 1.33 bits per heavy atom. The van der Waals surface area contributed by atoms with Crippen LogP contribution in [-0.2, 0) is 0 Å². The molecule has 1 rings (SSSR count). The Kier molecular flexibility index (Phi) is 3.98. The lowest BCUT2D eigenvalue weighted by Crippen LogP contribution is -2.45. The van der Waals surface area contributed by atoms with Crippen molar-refractivity contribution in [1.29, 1.82) is 0 Å². The van der Waals surface area contributed by atoms with Crippen molar-refractivity contribution in [3.05, 3.63) is 0 Å². The molecule has 1 fully saturated rings. The van der Waals surface area contributed by atoms with Gasteiger partial charge in [-0.1, -0.05) is 0 Å². The third-order valence-corrected chi connectivity index (χ3v) is 2.55. The first-order valence-electron chi connectivity index (χ1n) is 4.84. The highest BCUT2D eigenvalue weighted by Gasteiger charge is 2.19. The Labute approximate surface area is 75.5 Å². The molecule has 3 heteroatoms. The van der Waals surface area contributed by atoms with Crippen molar-refractivity contribution in [2.75, 3.05) is 27.2 Å². The summed E-state index contributed by atoms with van der Waals surface area (Å²) < 4.78 is 0. The summed E-state index contributed by atoms with van der Waals surface area (Å²) in [5.41, 5.74) is 3.42. The van der Waals surface area contributed by atoms with E-state index in [0.29, 0.717) is 6.04 Å². The fraction of sp³-hybridized carbons (Fsp3) is 1.00. The number of hydrogen-bond acceptors (Lipinski definition) is 3. The van der Waals surface area contributed by atoms with Crippen molar-refractivity contribution < 1.29 is 0 Å². The summed E-state index contributed by atoms with van der Waals surface area (Å²) in [5.74, 6) is 0.841. The zero-order valence-electron chi connectivity index (χ0n) is 8.43. The van der Waals surface area contributed by atoms with Crippen molar-refractivity contribution in [1.82, 2.24) is 15.8 Å². The smallest absolute Gasteiger partial charge is 0.0216 e. The van der Waals surface area contributed by atoms with Crippen LogP contribution in [0.5, 0.6) is 0 Å². The molecule has 1 aliphatic heterocycles. The molecule has 2 N–H and O–H groups in total. The van der Waals surface area contributed by atoms with Gasteiger partial charge in [-0.3, -0.25) is 10.4 Å². The minimum Gasteiger partial charge on any atom is -0.317 e. The van der Waals surface area contributed by atoms with Gasteiger partial charge >= 0.3 is 0 Å². The highest BCUT2D eigenvalue weighted by atomic mass is 15.5. The first-order chi connectivity index (χ1) is 5.70. The van der Waals surface area contributed by atoms with Crippen LogP contribution in [0.1, 0.15) is 19.8 Å². The van der Waals surface area contributed by atoms with E-state index in [1.165, 1.54) is 25.9 Å². The van der Waals surface area contributed by atoms with Gasteiger partial charge in [0, 0.05) is 20.1 Å². The number of rotatable bonds is 3. The van der Waals surface area contributed by atoms with Crippen LogP contribution < -0.4 is 10.7 Å². The van der Waals surface area contributed by atoms with Crippen LogP contribution in [0.4, 0.5) is 0 Å².